The zero-order chi connectivity index (χ0) is 19.8. The van der Waals surface area contributed by atoms with Crippen LogP contribution in [0.1, 0.15) is 22.6 Å². The number of nitrogens with zero attached hydrogens (tertiary/aromatic N) is 4. The molecule has 1 fully saturated rings. The van der Waals surface area contributed by atoms with E-state index in [1.54, 1.807) is 13.8 Å². The molecule has 0 saturated carbocycles. The molecule has 0 atom stereocenters. The number of aromatic nitrogens is 1. The number of non-ortho nitro benzene ring substituents is 1. The molecule has 3 rings (SSSR count). The summed E-state index contributed by atoms with van der Waals surface area (Å²) in [5, 5.41) is 15.0. The number of hydrogen-bond acceptors (Lipinski definition) is 7. The monoisotopic (exact) mass is 394 g/mol. The minimum absolute atomic E-state index is 0.00788. The first-order chi connectivity index (χ1) is 12.7. The van der Waals surface area contributed by atoms with Crippen LogP contribution in [0.25, 0.3) is 0 Å². The van der Waals surface area contributed by atoms with Gasteiger partial charge >= 0.3 is 0 Å². The maximum Gasteiger partial charge on any atom is 0.271 e. The second kappa shape index (κ2) is 7.37. The van der Waals surface area contributed by atoms with Crippen molar-refractivity contribution in [3.8, 4) is 0 Å². The predicted molar refractivity (Wildman–Crippen MR) is 97.8 cm³/mol. The zero-order valence-corrected chi connectivity index (χ0v) is 16.3. The number of sulfonamides is 1. The maximum atomic E-state index is 13.1. The number of nitro groups is 1. The van der Waals surface area contributed by atoms with Gasteiger partial charge in [0.2, 0.25) is 10.0 Å². The summed E-state index contributed by atoms with van der Waals surface area (Å²) in [6.07, 6.45) is 0. The van der Waals surface area contributed by atoms with Crippen molar-refractivity contribution in [2.45, 2.75) is 32.2 Å². The smallest absolute Gasteiger partial charge is 0.271 e. The van der Waals surface area contributed by atoms with E-state index < -0.39 is 14.9 Å². The predicted octanol–water partition coefficient (Wildman–Crippen LogP) is 2.01. The number of hydrogen-bond donors (Lipinski definition) is 0. The quantitative estimate of drug-likeness (QED) is 0.563. The Morgan fingerprint density at radius 1 is 1.15 bits per heavy atom. The topological polar surface area (TPSA) is 110 Å². The van der Waals surface area contributed by atoms with Crippen molar-refractivity contribution in [1.82, 2.24) is 14.4 Å². The van der Waals surface area contributed by atoms with Crippen LogP contribution in [0.2, 0.25) is 0 Å². The van der Waals surface area contributed by atoms with Gasteiger partial charge in [-0.1, -0.05) is 5.16 Å². The first-order valence-electron chi connectivity index (χ1n) is 8.59. The van der Waals surface area contributed by atoms with Crippen LogP contribution in [-0.4, -0.2) is 53.9 Å². The summed E-state index contributed by atoms with van der Waals surface area (Å²) in [5.74, 6) is 0.744. The third kappa shape index (κ3) is 4.02. The molecular weight excluding hydrogens is 372 g/mol. The molecule has 0 radical (unpaired) electrons. The van der Waals surface area contributed by atoms with Gasteiger partial charge in [0.15, 0.2) is 5.76 Å². The Balaban J connectivity index is 1.76. The van der Waals surface area contributed by atoms with Gasteiger partial charge in [0.25, 0.3) is 5.69 Å². The Morgan fingerprint density at radius 2 is 1.81 bits per heavy atom. The second-order valence-electron chi connectivity index (χ2n) is 6.76. The van der Waals surface area contributed by atoms with E-state index in [0.717, 1.165) is 17.5 Å². The van der Waals surface area contributed by atoms with Crippen LogP contribution >= 0.6 is 0 Å². The molecule has 0 spiro atoms. The molecule has 1 aromatic carbocycles. The first kappa shape index (κ1) is 19.5. The minimum atomic E-state index is -3.80. The number of benzene rings is 1. The van der Waals surface area contributed by atoms with Gasteiger partial charge in [-0.05, 0) is 31.9 Å². The molecule has 1 aliphatic rings. The van der Waals surface area contributed by atoms with E-state index in [0.29, 0.717) is 43.9 Å². The van der Waals surface area contributed by atoms with E-state index in [2.05, 4.69) is 10.1 Å². The zero-order valence-electron chi connectivity index (χ0n) is 15.5. The van der Waals surface area contributed by atoms with Crippen molar-refractivity contribution < 1.29 is 17.9 Å². The lowest BCUT2D eigenvalue weighted by Gasteiger charge is -2.33. The Morgan fingerprint density at radius 3 is 2.37 bits per heavy atom. The number of nitro benzene ring substituents is 1. The molecule has 0 aliphatic carbocycles. The second-order valence-corrected chi connectivity index (χ2v) is 8.66. The number of rotatable bonds is 5. The van der Waals surface area contributed by atoms with Gasteiger partial charge in [0.05, 0.1) is 22.1 Å². The van der Waals surface area contributed by atoms with Crippen LogP contribution in [0.15, 0.2) is 27.6 Å². The van der Waals surface area contributed by atoms with E-state index in [4.69, 9.17) is 4.52 Å². The van der Waals surface area contributed by atoms with Gasteiger partial charge < -0.3 is 4.52 Å². The van der Waals surface area contributed by atoms with Gasteiger partial charge in [-0.15, -0.1) is 0 Å². The summed E-state index contributed by atoms with van der Waals surface area (Å²) in [6, 6.07) is 4.41. The molecule has 0 bridgehead atoms. The maximum absolute atomic E-state index is 13.1. The molecule has 0 N–H and O–H groups in total. The fourth-order valence-corrected chi connectivity index (χ4v) is 4.90. The minimum Gasteiger partial charge on any atom is -0.360 e. The van der Waals surface area contributed by atoms with Gasteiger partial charge in [-0.25, -0.2) is 8.42 Å². The highest BCUT2D eigenvalue weighted by Crippen LogP contribution is 2.28. The number of piperazine rings is 1. The van der Waals surface area contributed by atoms with E-state index in [1.807, 2.05) is 13.0 Å². The highest BCUT2D eigenvalue weighted by atomic mass is 32.2. The largest absolute Gasteiger partial charge is 0.360 e. The molecule has 9 nitrogen and oxygen atoms in total. The van der Waals surface area contributed by atoms with Gasteiger partial charge in [-0.2, -0.15) is 4.31 Å². The molecule has 1 aliphatic heterocycles. The molecule has 146 valence electrons. The lowest BCUT2D eigenvalue weighted by molar-refractivity contribution is -0.385. The van der Waals surface area contributed by atoms with E-state index in [1.165, 1.54) is 10.4 Å². The van der Waals surface area contributed by atoms with Crippen LogP contribution in [-0.2, 0) is 16.6 Å². The summed E-state index contributed by atoms with van der Waals surface area (Å²) in [7, 11) is -3.80. The van der Waals surface area contributed by atoms with Crippen LogP contribution < -0.4 is 0 Å². The third-order valence-electron chi connectivity index (χ3n) is 4.82. The summed E-state index contributed by atoms with van der Waals surface area (Å²) < 4.78 is 32.7. The van der Waals surface area contributed by atoms with Crippen LogP contribution in [0, 0.1) is 30.9 Å². The Labute approximate surface area is 157 Å². The highest BCUT2D eigenvalue weighted by Gasteiger charge is 2.31. The Kier molecular flexibility index (Phi) is 5.31. The molecule has 1 saturated heterocycles. The highest BCUT2D eigenvalue weighted by molar-refractivity contribution is 7.89. The molecule has 0 unspecified atom stereocenters. The summed E-state index contributed by atoms with van der Waals surface area (Å²) in [5.41, 5.74) is 1.72. The van der Waals surface area contributed by atoms with Crippen molar-refractivity contribution in [2.24, 2.45) is 0 Å². The fraction of sp³-hybridized carbons (Fsp3) is 0.471. The van der Waals surface area contributed by atoms with Crippen LogP contribution in [0.4, 0.5) is 5.69 Å². The average Bonchev–Trinajstić information content (AvgIpc) is 3.02. The SMILES string of the molecule is Cc1cc(CN2CCN(S(=O)(=O)c3cc([N+](=O)[O-])cc(C)c3C)CC2)on1. The van der Waals surface area contributed by atoms with Crippen molar-refractivity contribution in [3.05, 3.63) is 50.9 Å². The normalized spacial score (nSPS) is 16.6. The van der Waals surface area contributed by atoms with Gasteiger partial charge in [0, 0.05) is 44.4 Å². The summed E-state index contributed by atoms with van der Waals surface area (Å²) in [6.45, 7) is 7.50. The Bertz CT molecular complexity index is 962. The lowest BCUT2D eigenvalue weighted by Crippen LogP contribution is -2.48. The first-order valence-corrected chi connectivity index (χ1v) is 10.0. The van der Waals surface area contributed by atoms with Crippen molar-refractivity contribution >= 4 is 15.7 Å². The average molecular weight is 394 g/mol. The Hall–Kier alpha value is -2.30. The van der Waals surface area contributed by atoms with E-state index >= 15 is 0 Å². The van der Waals surface area contributed by atoms with Crippen LogP contribution in [0.3, 0.4) is 0 Å². The van der Waals surface area contributed by atoms with Crippen molar-refractivity contribution in [1.29, 1.82) is 0 Å². The van der Waals surface area contributed by atoms with Crippen molar-refractivity contribution in [2.75, 3.05) is 26.2 Å². The van der Waals surface area contributed by atoms with E-state index in [9.17, 15) is 18.5 Å². The molecule has 10 heteroatoms. The molecule has 2 aromatic rings. The number of aryl methyl sites for hydroxylation is 2. The third-order valence-corrected chi connectivity index (χ3v) is 6.85. The van der Waals surface area contributed by atoms with Crippen molar-refractivity contribution in [3.63, 3.8) is 0 Å². The molecule has 27 heavy (non-hydrogen) atoms. The molecular formula is C17H22N4O5S. The van der Waals surface area contributed by atoms with Gasteiger partial charge in [-0.3, -0.25) is 15.0 Å². The van der Waals surface area contributed by atoms with E-state index in [-0.39, 0.29) is 10.6 Å². The molecule has 0 amide bonds. The fourth-order valence-electron chi connectivity index (χ4n) is 3.16. The standard InChI is InChI=1S/C17H22N4O5S/c1-12-8-15(21(22)23)10-17(14(12)3)27(24,25)20-6-4-19(5-7-20)11-16-9-13(2)18-26-16/h8-10H,4-7,11H2,1-3H3. The molecule has 1 aromatic heterocycles. The van der Waals surface area contributed by atoms with Crippen LogP contribution in [0.5, 0.6) is 0 Å². The lowest BCUT2D eigenvalue weighted by atomic mass is 10.1. The summed E-state index contributed by atoms with van der Waals surface area (Å²) in [4.78, 5) is 12.7. The van der Waals surface area contributed by atoms with Gasteiger partial charge in [0.1, 0.15) is 0 Å². The summed E-state index contributed by atoms with van der Waals surface area (Å²) >= 11 is 0. The molecule has 2 heterocycles.